The summed E-state index contributed by atoms with van der Waals surface area (Å²) in [4.78, 5) is 10.5. The van der Waals surface area contributed by atoms with Crippen LogP contribution in [-0.2, 0) is 4.79 Å². The van der Waals surface area contributed by atoms with Crippen LogP contribution in [0.25, 0.3) is 6.08 Å². The molecule has 4 heteroatoms. The van der Waals surface area contributed by atoms with Crippen LogP contribution >= 0.6 is 0 Å². The molecule has 1 N–H and O–H groups in total. The molecule has 4 nitrogen and oxygen atoms in total. The van der Waals surface area contributed by atoms with Crippen molar-refractivity contribution < 1.29 is 19.4 Å². The zero-order valence-corrected chi connectivity index (χ0v) is 11.0. The minimum absolute atomic E-state index is 0.243. The maximum atomic E-state index is 10.5. The molecular formula is C15H18O4. The van der Waals surface area contributed by atoms with Gasteiger partial charge in [0.15, 0.2) is 11.5 Å². The highest BCUT2D eigenvalue weighted by molar-refractivity contribution is 5.85. The van der Waals surface area contributed by atoms with E-state index in [0.717, 1.165) is 24.5 Å². The number of ether oxygens (including phenoxy) is 2. The number of hydrogen-bond acceptors (Lipinski definition) is 3. The van der Waals surface area contributed by atoms with Crippen LogP contribution in [0.4, 0.5) is 0 Å². The molecule has 19 heavy (non-hydrogen) atoms. The number of carboxylic acid groups (broad SMARTS) is 1. The minimum atomic E-state index is -0.964. The highest BCUT2D eigenvalue weighted by atomic mass is 16.5. The fourth-order valence-electron chi connectivity index (χ4n) is 2.24. The van der Waals surface area contributed by atoms with E-state index in [-0.39, 0.29) is 6.10 Å². The predicted octanol–water partition coefficient (Wildman–Crippen LogP) is 3.11. The van der Waals surface area contributed by atoms with Crippen LogP contribution < -0.4 is 9.47 Å². The van der Waals surface area contributed by atoms with Crippen molar-refractivity contribution in [1.29, 1.82) is 0 Å². The van der Waals surface area contributed by atoms with Gasteiger partial charge in [-0.2, -0.15) is 0 Å². The zero-order valence-electron chi connectivity index (χ0n) is 11.0. The summed E-state index contributed by atoms with van der Waals surface area (Å²) in [5, 5.41) is 8.63. The molecule has 1 aromatic rings. The number of methoxy groups -OCH3 is 1. The van der Waals surface area contributed by atoms with Gasteiger partial charge in [0.25, 0.3) is 0 Å². The molecule has 1 aliphatic rings. The maximum absolute atomic E-state index is 10.5. The Balaban J connectivity index is 2.17. The lowest BCUT2D eigenvalue weighted by Crippen LogP contribution is -2.11. The van der Waals surface area contributed by atoms with E-state index in [1.165, 1.54) is 12.8 Å². The summed E-state index contributed by atoms with van der Waals surface area (Å²) in [5.74, 6) is 0.399. The van der Waals surface area contributed by atoms with E-state index in [1.807, 2.05) is 6.07 Å². The van der Waals surface area contributed by atoms with Crippen molar-refractivity contribution in [2.24, 2.45) is 0 Å². The number of benzene rings is 1. The van der Waals surface area contributed by atoms with E-state index in [1.54, 1.807) is 25.3 Å². The third-order valence-electron chi connectivity index (χ3n) is 3.20. The van der Waals surface area contributed by atoms with Crippen molar-refractivity contribution in [3.63, 3.8) is 0 Å². The summed E-state index contributed by atoms with van der Waals surface area (Å²) < 4.78 is 11.2. The van der Waals surface area contributed by atoms with Crippen molar-refractivity contribution in [1.82, 2.24) is 0 Å². The molecule has 0 spiro atoms. The lowest BCUT2D eigenvalue weighted by Gasteiger charge is -2.16. The SMILES string of the molecule is COc1ccc(/C=C\C(=O)O)cc1OC1CCCC1. The van der Waals surface area contributed by atoms with Crippen LogP contribution in [0.1, 0.15) is 31.2 Å². The second-order valence-corrected chi connectivity index (χ2v) is 4.61. The van der Waals surface area contributed by atoms with Gasteiger partial charge in [-0.15, -0.1) is 0 Å². The molecule has 0 unspecified atom stereocenters. The summed E-state index contributed by atoms with van der Waals surface area (Å²) in [7, 11) is 1.60. The van der Waals surface area contributed by atoms with Crippen molar-refractivity contribution in [2.45, 2.75) is 31.8 Å². The van der Waals surface area contributed by atoms with Gasteiger partial charge in [0.2, 0.25) is 0 Å². The zero-order chi connectivity index (χ0) is 13.7. The number of rotatable bonds is 5. The molecule has 0 saturated heterocycles. The van der Waals surface area contributed by atoms with Crippen LogP contribution in [0, 0.1) is 0 Å². The lowest BCUT2D eigenvalue weighted by atomic mass is 10.2. The minimum Gasteiger partial charge on any atom is -0.493 e. The van der Waals surface area contributed by atoms with E-state index < -0.39 is 5.97 Å². The number of carbonyl (C=O) groups is 1. The maximum Gasteiger partial charge on any atom is 0.328 e. The fraction of sp³-hybridized carbons (Fsp3) is 0.400. The lowest BCUT2D eigenvalue weighted by molar-refractivity contribution is -0.131. The largest absolute Gasteiger partial charge is 0.493 e. The standard InChI is InChI=1S/C15H18O4/c1-18-13-8-6-11(7-9-15(16)17)10-14(13)19-12-4-2-3-5-12/h6-10,12H,2-5H2,1H3,(H,16,17)/b9-7-. The molecule has 0 atom stereocenters. The quantitative estimate of drug-likeness (QED) is 0.828. The van der Waals surface area contributed by atoms with Gasteiger partial charge < -0.3 is 14.6 Å². The molecule has 0 aromatic heterocycles. The van der Waals surface area contributed by atoms with Crippen LogP contribution in [0.5, 0.6) is 11.5 Å². The molecular weight excluding hydrogens is 244 g/mol. The molecule has 0 heterocycles. The van der Waals surface area contributed by atoms with Gasteiger partial charge >= 0.3 is 5.97 Å². The first-order valence-electron chi connectivity index (χ1n) is 6.45. The first kappa shape index (κ1) is 13.5. The summed E-state index contributed by atoms with van der Waals surface area (Å²) >= 11 is 0. The average Bonchev–Trinajstić information content (AvgIpc) is 2.89. The summed E-state index contributed by atoms with van der Waals surface area (Å²) in [6, 6.07) is 5.42. The van der Waals surface area contributed by atoms with Gasteiger partial charge in [0, 0.05) is 6.08 Å². The van der Waals surface area contributed by atoms with Gasteiger partial charge in [-0.05, 0) is 49.5 Å². The second-order valence-electron chi connectivity index (χ2n) is 4.61. The predicted molar refractivity (Wildman–Crippen MR) is 72.5 cm³/mol. The Morgan fingerprint density at radius 2 is 2.05 bits per heavy atom. The Hall–Kier alpha value is -1.97. The van der Waals surface area contributed by atoms with E-state index in [4.69, 9.17) is 14.6 Å². The number of hydrogen-bond donors (Lipinski definition) is 1. The molecule has 1 saturated carbocycles. The second kappa shape index (κ2) is 6.27. The highest BCUT2D eigenvalue weighted by Gasteiger charge is 2.18. The highest BCUT2D eigenvalue weighted by Crippen LogP contribution is 2.32. The van der Waals surface area contributed by atoms with Gasteiger partial charge in [0.1, 0.15) is 0 Å². The molecule has 102 valence electrons. The Labute approximate surface area is 112 Å². The van der Waals surface area contributed by atoms with Crippen LogP contribution in [0.3, 0.4) is 0 Å². The van der Waals surface area contributed by atoms with Crippen molar-refractivity contribution in [2.75, 3.05) is 7.11 Å². The summed E-state index contributed by atoms with van der Waals surface area (Å²) in [5.41, 5.74) is 0.788. The van der Waals surface area contributed by atoms with Gasteiger partial charge in [-0.1, -0.05) is 6.07 Å². The van der Waals surface area contributed by atoms with Crippen molar-refractivity contribution >= 4 is 12.0 Å². The van der Waals surface area contributed by atoms with Crippen LogP contribution in [0.15, 0.2) is 24.3 Å². The van der Waals surface area contributed by atoms with Crippen LogP contribution in [-0.4, -0.2) is 24.3 Å². The van der Waals surface area contributed by atoms with E-state index >= 15 is 0 Å². The Kier molecular flexibility index (Phi) is 4.44. The molecule has 0 amide bonds. The van der Waals surface area contributed by atoms with E-state index in [0.29, 0.717) is 11.5 Å². The average molecular weight is 262 g/mol. The fourth-order valence-corrected chi connectivity index (χ4v) is 2.24. The molecule has 2 rings (SSSR count). The van der Waals surface area contributed by atoms with Crippen molar-refractivity contribution in [3.05, 3.63) is 29.8 Å². The summed E-state index contributed by atoms with van der Waals surface area (Å²) in [6.07, 6.45) is 7.44. The van der Waals surface area contributed by atoms with Crippen molar-refractivity contribution in [3.8, 4) is 11.5 Å². The normalized spacial score (nSPS) is 15.8. The molecule has 0 radical (unpaired) electrons. The number of carboxylic acids is 1. The van der Waals surface area contributed by atoms with E-state index in [2.05, 4.69) is 0 Å². The molecule has 0 aliphatic heterocycles. The first-order valence-corrected chi connectivity index (χ1v) is 6.45. The van der Waals surface area contributed by atoms with Gasteiger partial charge in [0.05, 0.1) is 13.2 Å². The third kappa shape index (κ3) is 3.74. The Bertz CT molecular complexity index is 473. The molecule has 1 aliphatic carbocycles. The Morgan fingerprint density at radius 1 is 1.32 bits per heavy atom. The Morgan fingerprint density at radius 3 is 2.68 bits per heavy atom. The number of aliphatic carboxylic acids is 1. The molecule has 0 bridgehead atoms. The molecule has 1 fully saturated rings. The van der Waals surface area contributed by atoms with E-state index in [9.17, 15) is 4.79 Å². The smallest absolute Gasteiger partial charge is 0.328 e. The third-order valence-corrected chi connectivity index (χ3v) is 3.20. The van der Waals surface area contributed by atoms with Gasteiger partial charge in [-0.25, -0.2) is 4.79 Å². The first-order chi connectivity index (χ1) is 9.19. The van der Waals surface area contributed by atoms with Gasteiger partial charge in [-0.3, -0.25) is 0 Å². The van der Waals surface area contributed by atoms with Crippen LogP contribution in [0.2, 0.25) is 0 Å². The summed E-state index contributed by atoms with van der Waals surface area (Å²) in [6.45, 7) is 0. The molecule has 1 aromatic carbocycles. The monoisotopic (exact) mass is 262 g/mol. The topological polar surface area (TPSA) is 55.8 Å².